The van der Waals surface area contributed by atoms with Crippen LogP contribution < -0.4 is 5.32 Å². The quantitative estimate of drug-likeness (QED) is 0.350. The zero-order chi connectivity index (χ0) is 28.2. The first-order valence-corrected chi connectivity index (χ1v) is 12.1. The summed E-state index contributed by atoms with van der Waals surface area (Å²) >= 11 is 3.14. The monoisotopic (exact) mass is 618 g/mol. The molecule has 1 amide bonds. The SMILES string of the molecule is COC(=O)N(Cc1cc(C(F)(F)F)cc(C(F)(F)F)c1)[C@H]1C[C@@H](C2CC2)Nc2c(Br)cc(C(F)(F)F)cc21. The maximum atomic E-state index is 13.6. The van der Waals surface area contributed by atoms with E-state index in [-0.39, 0.29) is 40.2 Å². The molecule has 0 bridgehead atoms. The van der Waals surface area contributed by atoms with Gasteiger partial charge in [0.1, 0.15) is 0 Å². The van der Waals surface area contributed by atoms with E-state index < -0.39 is 59.5 Å². The molecular weight excluding hydrogens is 599 g/mol. The number of carbonyl (C=O) groups is 1. The van der Waals surface area contributed by atoms with Crippen LogP contribution in [0.4, 0.5) is 50.0 Å². The molecule has 4 nitrogen and oxygen atoms in total. The molecule has 1 aliphatic carbocycles. The molecule has 14 heteroatoms. The Balaban J connectivity index is 1.84. The Labute approximate surface area is 219 Å². The lowest BCUT2D eigenvalue weighted by Crippen LogP contribution is -2.41. The zero-order valence-corrected chi connectivity index (χ0v) is 21.1. The minimum absolute atomic E-state index is 0.0111. The van der Waals surface area contributed by atoms with Crippen LogP contribution >= 0.6 is 15.9 Å². The number of amides is 1. The van der Waals surface area contributed by atoms with Crippen LogP contribution in [0.3, 0.4) is 0 Å². The number of benzene rings is 2. The van der Waals surface area contributed by atoms with Gasteiger partial charge in [0.25, 0.3) is 0 Å². The van der Waals surface area contributed by atoms with Gasteiger partial charge >= 0.3 is 24.6 Å². The van der Waals surface area contributed by atoms with Crippen molar-refractivity contribution in [3.8, 4) is 0 Å². The highest BCUT2D eigenvalue weighted by molar-refractivity contribution is 9.10. The van der Waals surface area contributed by atoms with E-state index >= 15 is 0 Å². The largest absolute Gasteiger partial charge is 0.453 e. The number of hydrogen-bond donors (Lipinski definition) is 1. The summed E-state index contributed by atoms with van der Waals surface area (Å²) in [5.74, 6) is 0.143. The standard InChI is InChI=1S/C24H20BrF9N2O2/c1-38-21(37)36(10-11-4-13(22(26,27)28)6-14(5-11)23(29,30)31)19-9-18(12-2-3-12)35-20-16(19)7-15(8-17(20)25)24(32,33)34/h4-8,12,18-19,35H,2-3,9-10H2,1H3/t18-,19-/m0/s1. The number of alkyl halides is 9. The van der Waals surface area contributed by atoms with Crippen molar-refractivity contribution in [2.45, 2.75) is 56.4 Å². The Hall–Kier alpha value is -2.64. The van der Waals surface area contributed by atoms with Gasteiger partial charge in [0.2, 0.25) is 0 Å². The van der Waals surface area contributed by atoms with Crippen LogP contribution in [-0.2, 0) is 29.8 Å². The Morgan fingerprint density at radius 2 is 1.45 bits per heavy atom. The van der Waals surface area contributed by atoms with Crippen molar-refractivity contribution in [2.24, 2.45) is 5.92 Å². The number of fused-ring (bicyclic) bond motifs is 1. The maximum Gasteiger partial charge on any atom is 0.416 e. The van der Waals surface area contributed by atoms with Crippen LogP contribution in [0.2, 0.25) is 0 Å². The molecule has 2 aromatic rings. The summed E-state index contributed by atoms with van der Waals surface area (Å²) in [6.07, 6.45) is -14.4. The molecule has 0 aromatic heterocycles. The Kier molecular flexibility index (Phi) is 7.34. The van der Waals surface area contributed by atoms with Gasteiger partial charge in [-0.2, -0.15) is 39.5 Å². The van der Waals surface area contributed by atoms with Gasteiger partial charge in [-0.15, -0.1) is 0 Å². The van der Waals surface area contributed by atoms with Crippen molar-refractivity contribution in [2.75, 3.05) is 12.4 Å². The van der Waals surface area contributed by atoms with Crippen molar-refractivity contribution in [1.82, 2.24) is 4.90 Å². The summed E-state index contributed by atoms with van der Waals surface area (Å²) < 4.78 is 126. The highest BCUT2D eigenvalue weighted by Gasteiger charge is 2.43. The second kappa shape index (κ2) is 9.83. The van der Waals surface area contributed by atoms with Crippen molar-refractivity contribution in [3.05, 3.63) is 62.6 Å². The number of nitrogens with zero attached hydrogens (tertiary/aromatic N) is 1. The summed E-state index contributed by atoms with van der Waals surface area (Å²) in [5.41, 5.74) is -4.42. The molecule has 0 radical (unpaired) electrons. The first-order chi connectivity index (χ1) is 17.5. The van der Waals surface area contributed by atoms with E-state index in [9.17, 15) is 44.3 Å². The number of anilines is 1. The molecule has 1 aliphatic heterocycles. The van der Waals surface area contributed by atoms with Crippen LogP contribution in [0.25, 0.3) is 0 Å². The molecule has 0 spiro atoms. The van der Waals surface area contributed by atoms with E-state index in [1.807, 2.05) is 0 Å². The number of rotatable bonds is 4. The molecule has 1 N–H and O–H groups in total. The number of halogens is 10. The molecule has 0 unspecified atom stereocenters. The van der Waals surface area contributed by atoms with Crippen LogP contribution in [0, 0.1) is 5.92 Å². The fourth-order valence-corrected chi connectivity index (χ4v) is 5.24. The molecule has 38 heavy (non-hydrogen) atoms. The second-order valence-electron chi connectivity index (χ2n) is 9.27. The van der Waals surface area contributed by atoms with Gasteiger partial charge < -0.3 is 10.1 Å². The maximum absolute atomic E-state index is 13.6. The van der Waals surface area contributed by atoms with Crippen molar-refractivity contribution in [3.63, 3.8) is 0 Å². The molecule has 2 aromatic carbocycles. The summed E-state index contributed by atoms with van der Waals surface area (Å²) in [6, 6.07) is 1.18. The molecule has 1 fully saturated rings. The third kappa shape index (κ3) is 5.99. The number of nitrogens with one attached hydrogen (secondary N) is 1. The van der Waals surface area contributed by atoms with E-state index in [4.69, 9.17) is 4.74 Å². The Morgan fingerprint density at radius 3 is 1.92 bits per heavy atom. The normalized spacial score (nSPS) is 20.0. The average molecular weight is 619 g/mol. The van der Waals surface area contributed by atoms with Crippen LogP contribution in [0.15, 0.2) is 34.8 Å². The zero-order valence-electron chi connectivity index (χ0n) is 19.5. The van der Waals surface area contributed by atoms with Gasteiger partial charge in [0.05, 0.1) is 35.5 Å². The van der Waals surface area contributed by atoms with Crippen molar-refractivity contribution in [1.29, 1.82) is 0 Å². The lowest BCUT2D eigenvalue weighted by molar-refractivity contribution is -0.143. The molecule has 2 aliphatic rings. The van der Waals surface area contributed by atoms with E-state index in [0.29, 0.717) is 12.1 Å². The smallest absolute Gasteiger partial charge is 0.416 e. The Bertz CT molecular complexity index is 1190. The number of carbonyl (C=O) groups excluding carboxylic acids is 1. The summed E-state index contributed by atoms with van der Waals surface area (Å²) in [5, 5.41) is 3.18. The highest BCUT2D eigenvalue weighted by atomic mass is 79.9. The van der Waals surface area contributed by atoms with Crippen LogP contribution in [-0.4, -0.2) is 24.1 Å². The predicted molar refractivity (Wildman–Crippen MR) is 121 cm³/mol. The fraction of sp³-hybridized carbons (Fsp3) is 0.458. The van der Waals surface area contributed by atoms with E-state index in [0.717, 1.165) is 37.0 Å². The van der Waals surface area contributed by atoms with Gasteiger partial charge in [0.15, 0.2) is 0 Å². The third-order valence-electron chi connectivity index (χ3n) is 6.59. The molecule has 2 atom stereocenters. The molecule has 4 rings (SSSR count). The van der Waals surface area contributed by atoms with Crippen LogP contribution in [0.5, 0.6) is 0 Å². The topological polar surface area (TPSA) is 41.6 Å². The average Bonchev–Trinajstić information content (AvgIpc) is 3.65. The van der Waals surface area contributed by atoms with Crippen LogP contribution in [0.1, 0.15) is 53.1 Å². The van der Waals surface area contributed by atoms with Crippen molar-refractivity contribution < 1.29 is 49.0 Å². The molecular formula is C24H20BrF9N2O2. The van der Waals surface area contributed by atoms with E-state index in [1.54, 1.807) is 0 Å². The molecule has 208 valence electrons. The van der Waals surface area contributed by atoms with E-state index in [1.165, 1.54) is 0 Å². The molecule has 1 saturated carbocycles. The number of methoxy groups -OCH3 is 1. The lowest BCUT2D eigenvalue weighted by Gasteiger charge is -2.40. The lowest BCUT2D eigenvalue weighted by atomic mass is 9.88. The van der Waals surface area contributed by atoms with E-state index in [2.05, 4.69) is 21.2 Å². The third-order valence-corrected chi connectivity index (χ3v) is 7.22. The first kappa shape index (κ1) is 28.4. The minimum atomic E-state index is -5.11. The number of hydrogen-bond acceptors (Lipinski definition) is 3. The van der Waals surface area contributed by atoms with Gasteiger partial charge in [-0.05, 0) is 82.6 Å². The minimum Gasteiger partial charge on any atom is -0.453 e. The highest BCUT2D eigenvalue weighted by Crippen LogP contribution is 2.49. The van der Waals surface area contributed by atoms with Gasteiger partial charge in [0, 0.05) is 17.1 Å². The number of ether oxygens (including phenoxy) is 1. The summed E-state index contributed by atoms with van der Waals surface area (Å²) in [7, 11) is 0.963. The molecule has 1 heterocycles. The van der Waals surface area contributed by atoms with Gasteiger partial charge in [-0.3, -0.25) is 4.90 Å². The van der Waals surface area contributed by atoms with Gasteiger partial charge in [-0.25, -0.2) is 4.79 Å². The predicted octanol–water partition coefficient (Wildman–Crippen LogP) is 8.41. The summed E-state index contributed by atoms with van der Waals surface area (Å²) in [4.78, 5) is 13.7. The fourth-order valence-electron chi connectivity index (χ4n) is 4.65. The second-order valence-corrected chi connectivity index (χ2v) is 10.1. The van der Waals surface area contributed by atoms with Gasteiger partial charge in [-0.1, -0.05) is 0 Å². The molecule has 0 saturated heterocycles. The summed E-state index contributed by atoms with van der Waals surface area (Å²) in [6.45, 7) is -0.769. The first-order valence-electron chi connectivity index (χ1n) is 11.3. The Morgan fingerprint density at radius 1 is 0.921 bits per heavy atom. The van der Waals surface area contributed by atoms with Crippen molar-refractivity contribution >= 4 is 27.7 Å².